The summed E-state index contributed by atoms with van der Waals surface area (Å²) in [7, 11) is 0. The van der Waals surface area contributed by atoms with E-state index in [0.717, 1.165) is 30.2 Å². The van der Waals surface area contributed by atoms with Crippen molar-refractivity contribution in [3.63, 3.8) is 0 Å². The Labute approximate surface area is 151 Å². The molecule has 1 saturated heterocycles. The zero-order chi connectivity index (χ0) is 18.4. The van der Waals surface area contributed by atoms with Crippen molar-refractivity contribution in [3.8, 4) is 0 Å². The van der Waals surface area contributed by atoms with Gasteiger partial charge in [-0.05, 0) is 52.2 Å². The van der Waals surface area contributed by atoms with Gasteiger partial charge in [-0.2, -0.15) is 5.10 Å². The molecule has 2 atom stereocenters. The number of aromatic nitrogens is 2. The lowest BCUT2D eigenvalue weighted by Gasteiger charge is -2.39. The Hall–Kier alpha value is -2.63. The van der Waals surface area contributed by atoms with E-state index in [0.29, 0.717) is 16.5 Å². The Bertz CT molecular complexity index is 1040. The number of rotatable bonds is 2. The molecule has 3 heterocycles. The highest BCUT2D eigenvalue weighted by Gasteiger charge is 2.29. The lowest BCUT2D eigenvalue weighted by atomic mass is 9.97. The van der Waals surface area contributed by atoms with E-state index in [1.165, 1.54) is 6.20 Å². The molecule has 1 amide bonds. The van der Waals surface area contributed by atoms with Crippen molar-refractivity contribution in [1.29, 1.82) is 0 Å². The second-order valence-electron chi connectivity index (χ2n) is 7.38. The predicted molar refractivity (Wildman–Crippen MR) is 100 cm³/mol. The average Bonchev–Trinajstić information content (AvgIpc) is 3.00. The number of carbonyl (C=O) groups is 1. The highest BCUT2D eigenvalue weighted by atomic mass is 16.4. The van der Waals surface area contributed by atoms with E-state index in [2.05, 4.69) is 18.9 Å². The summed E-state index contributed by atoms with van der Waals surface area (Å²) < 4.78 is 7.04. The third-order valence-electron chi connectivity index (χ3n) is 5.42. The van der Waals surface area contributed by atoms with Crippen LogP contribution in [0.3, 0.4) is 0 Å². The molecule has 0 spiro atoms. The van der Waals surface area contributed by atoms with E-state index < -0.39 is 5.63 Å². The largest absolute Gasteiger partial charge is 0.422 e. The van der Waals surface area contributed by atoms with Crippen molar-refractivity contribution in [3.05, 3.63) is 40.4 Å². The number of amides is 1. The number of carbonyl (C=O) groups excluding carboxylic acids is 1. The Balaban J connectivity index is 1.80. The van der Waals surface area contributed by atoms with E-state index in [4.69, 9.17) is 4.42 Å². The Morgan fingerprint density at radius 2 is 1.96 bits per heavy atom. The number of nitrogens with zero attached hydrogens (tertiary/aromatic N) is 3. The molecule has 0 bridgehead atoms. The highest BCUT2D eigenvalue weighted by Crippen LogP contribution is 2.26. The van der Waals surface area contributed by atoms with Crippen LogP contribution in [0.15, 0.2) is 33.6 Å². The van der Waals surface area contributed by atoms with Crippen molar-refractivity contribution < 1.29 is 9.21 Å². The van der Waals surface area contributed by atoms with Crippen LogP contribution in [0, 0.1) is 6.92 Å². The van der Waals surface area contributed by atoms with Crippen LogP contribution in [0.2, 0.25) is 0 Å². The normalized spacial score (nSPS) is 20.8. The molecule has 0 saturated carbocycles. The molecular formula is C20H23N3O3. The highest BCUT2D eigenvalue weighted by molar-refractivity contribution is 6.02. The predicted octanol–water partition coefficient (Wildman–Crippen LogP) is 3.24. The van der Waals surface area contributed by atoms with Crippen LogP contribution in [-0.2, 0) is 11.3 Å². The van der Waals surface area contributed by atoms with Gasteiger partial charge in [-0.3, -0.25) is 9.48 Å². The number of likely N-dealkylation sites (tertiary alicyclic amines) is 1. The zero-order valence-electron chi connectivity index (χ0n) is 15.4. The minimum Gasteiger partial charge on any atom is -0.422 e. The minimum atomic E-state index is -0.422. The maximum absolute atomic E-state index is 13.0. The summed E-state index contributed by atoms with van der Waals surface area (Å²) in [5, 5.41) is 5.55. The first kappa shape index (κ1) is 16.8. The van der Waals surface area contributed by atoms with E-state index in [-0.39, 0.29) is 24.5 Å². The van der Waals surface area contributed by atoms with Gasteiger partial charge in [0.1, 0.15) is 17.5 Å². The van der Waals surface area contributed by atoms with Gasteiger partial charge in [0.05, 0.1) is 11.7 Å². The lowest BCUT2D eigenvalue weighted by Crippen LogP contribution is -2.48. The van der Waals surface area contributed by atoms with Gasteiger partial charge in [-0.25, -0.2) is 4.79 Å². The molecule has 0 radical (unpaired) electrons. The van der Waals surface area contributed by atoms with Crippen LogP contribution < -0.4 is 5.63 Å². The SMILES string of the molecule is Cc1ccc2oc(=O)c3cnn(CC(=O)N4[C@H](C)CCC[C@@H]4C)c3c2c1. The molecule has 3 aromatic rings. The molecule has 6 heteroatoms. The van der Waals surface area contributed by atoms with Gasteiger partial charge in [0.2, 0.25) is 5.91 Å². The molecule has 136 valence electrons. The Morgan fingerprint density at radius 1 is 1.23 bits per heavy atom. The molecule has 0 unspecified atom stereocenters. The first-order chi connectivity index (χ1) is 12.5. The van der Waals surface area contributed by atoms with E-state index in [1.54, 1.807) is 10.7 Å². The fraction of sp³-hybridized carbons (Fsp3) is 0.450. The topological polar surface area (TPSA) is 68.3 Å². The number of piperidine rings is 1. The van der Waals surface area contributed by atoms with Crippen LogP contribution in [0.4, 0.5) is 0 Å². The molecule has 1 fully saturated rings. The quantitative estimate of drug-likeness (QED) is 0.663. The van der Waals surface area contributed by atoms with Crippen LogP contribution in [-0.4, -0.2) is 32.7 Å². The maximum Gasteiger partial charge on any atom is 0.347 e. The number of aryl methyl sites for hydroxylation is 1. The zero-order valence-corrected chi connectivity index (χ0v) is 15.4. The molecule has 1 aliphatic rings. The Kier molecular flexibility index (Phi) is 4.05. The van der Waals surface area contributed by atoms with Gasteiger partial charge in [0, 0.05) is 17.5 Å². The summed E-state index contributed by atoms with van der Waals surface area (Å²) in [6.07, 6.45) is 4.71. The standard InChI is InChI=1S/C20H23N3O3/c1-12-7-8-17-15(9-12)19-16(20(25)26-17)10-21-22(19)11-18(24)23-13(2)5-4-6-14(23)3/h7-10,13-14H,4-6,11H2,1-3H3/t13-,14+. The molecule has 1 aliphatic heterocycles. The van der Waals surface area contributed by atoms with Crippen LogP contribution in [0.25, 0.3) is 21.9 Å². The summed E-state index contributed by atoms with van der Waals surface area (Å²) in [5.74, 6) is 0.0451. The second kappa shape index (κ2) is 6.27. The first-order valence-electron chi connectivity index (χ1n) is 9.16. The summed E-state index contributed by atoms with van der Waals surface area (Å²) in [4.78, 5) is 27.2. The fourth-order valence-corrected chi connectivity index (χ4v) is 4.13. The number of hydrogen-bond donors (Lipinski definition) is 0. The van der Waals surface area contributed by atoms with Gasteiger partial charge in [-0.1, -0.05) is 11.6 Å². The van der Waals surface area contributed by atoms with Crippen molar-refractivity contribution >= 4 is 27.8 Å². The van der Waals surface area contributed by atoms with Gasteiger partial charge in [-0.15, -0.1) is 0 Å². The first-order valence-corrected chi connectivity index (χ1v) is 9.16. The molecule has 6 nitrogen and oxygen atoms in total. The van der Waals surface area contributed by atoms with E-state index in [1.807, 2.05) is 24.0 Å². The van der Waals surface area contributed by atoms with E-state index in [9.17, 15) is 9.59 Å². The van der Waals surface area contributed by atoms with Crippen molar-refractivity contribution in [2.45, 2.75) is 58.7 Å². The second-order valence-corrected chi connectivity index (χ2v) is 7.38. The number of benzene rings is 1. The Morgan fingerprint density at radius 3 is 2.69 bits per heavy atom. The van der Waals surface area contributed by atoms with Crippen LogP contribution >= 0.6 is 0 Å². The summed E-state index contributed by atoms with van der Waals surface area (Å²) in [6.45, 7) is 6.31. The monoisotopic (exact) mass is 353 g/mol. The third kappa shape index (κ3) is 2.69. The number of hydrogen-bond acceptors (Lipinski definition) is 4. The molecule has 2 aromatic heterocycles. The molecule has 26 heavy (non-hydrogen) atoms. The van der Waals surface area contributed by atoms with Crippen molar-refractivity contribution in [1.82, 2.24) is 14.7 Å². The van der Waals surface area contributed by atoms with Crippen molar-refractivity contribution in [2.24, 2.45) is 0 Å². The maximum atomic E-state index is 13.0. The fourth-order valence-electron chi connectivity index (χ4n) is 4.13. The van der Waals surface area contributed by atoms with Crippen molar-refractivity contribution in [2.75, 3.05) is 0 Å². The summed E-state index contributed by atoms with van der Waals surface area (Å²) >= 11 is 0. The van der Waals surface area contributed by atoms with Gasteiger partial charge >= 0.3 is 5.63 Å². The van der Waals surface area contributed by atoms with Gasteiger partial charge in [0.15, 0.2) is 0 Å². The minimum absolute atomic E-state index is 0.0451. The molecule has 0 aliphatic carbocycles. The summed E-state index contributed by atoms with van der Waals surface area (Å²) in [6, 6.07) is 6.13. The molecule has 0 N–H and O–H groups in total. The van der Waals surface area contributed by atoms with Gasteiger partial charge < -0.3 is 9.32 Å². The van der Waals surface area contributed by atoms with Crippen LogP contribution in [0.1, 0.15) is 38.7 Å². The third-order valence-corrected chi connectivity index (χ3v) is 5.42. The molecule has 1 aromatic carbocycles. The lowest BCUT2D eigenvalue weighted by molar-refractivity contribution is -0.138. The molecule has 4 rings (SSSR count). The summed E-state index contributed by atoms with van der Waals surface area (Å²) in [5.41, 5.74) is 1.83. The molecular weight excluding hydrogens is 330 g/mol. The van der Waals surface area contributed by atoms with Gasteiger partial charge in [0.25, 0.3) is 0 Å². The number of fused-ring (bicyclic) bond motifs is 3. The average molecular weight is 353 g/mol. The van der Waals surface area contributed by atoms with E-state index >= 15 is 0 Å². The van der Waals surface area contributed by atoms with Crippen LogP contribution in [0.5, 0.6) is 0 Å². The smallest absolute Gasteiger partial charge is 0.347 e.